The monoisotopic (exact) mass is 284 g/mol. The number of ether oxygens (including phenoxy) is 2. The van der Waals surface area contributed by atoms with Gasteiger partial charge in [0.1, 0.15) is 12.2 Å². The molecule has 1 saturated heterocycles. The molecular weight excluding hydrogens is 265 g/mol. The van der Waals surface area contributed by atoms with Gasteiger partial charge in [0.05, 0.1) is 6.61 Å². The summed E-state index contributed by atoms with van der Waals surface area (Å²) >= 11 is 0. The predicted octanol–water partition coefficient (Wildman–Crippen LogP) is 0.450. The maximum atomic E-state index is 12.0. The molecule has 8 heteroatoms. The van der Waals surface area contributed by atoms with Crippen LogP contribution in [0.3, 0.4) is 0 Å². The highest BCUT2D eigenvalue weighted by atomic mass is 19.4. The van der Waals surface area contributed by atoms with Crippen LogP contribution in [0.5, 0.6) is 0 Å². The highest BCUT2D eigenvalue weighted by Crippen LogP contribution is 2.22. The smallest absolute Gasteiger partial charge is 0.370 e. The molecule has 5 nitrogen and oxygen atoms in total. The second-order valence-corrected chi connectivity index (χ2v) is 4.37. The standard InChI is InChI=1S/C11H19F3N2O3/c1-18-10(2-4-15-5-3-10)9(17)16-6-7-19-8-11(12,13)14/h15H,2-8H2,1H3,(H,16,17). The second-order valence-electron chi connectivity index (χ2n) is 4.37. The lowest BCUT2D eigenvalue weighted by Crippen LogP contribution is -2.54. The van der Waals surface area contributed by atoms with E-state index in [9.17, 15) is 18.0 Å². The van der Waals surface area contributed by atoms with Gasteiger partial charge in [-0.05, 0) is 25.9 Å². The van der Waals surface area contributed by atoms with Crippen LogP contribution in [0.1, 0.15) is 12.8 Å². The van der Waals surface area contributed by atoms with E-state index in [1.54, 1.807) is 0 Å². The number of carbonyl (C=O) groups excluding carboxylic acids is 1. The molecule has 0 aromatic carbocycles. The zero-order valence-corrected chi connectivity index (χ0v) is 10.8. The maximum absolute atomic E-state index is 12.0. The van der Waals surface area contributed by atoms with Crippen molar-refractivity contribution >= 4 is 5.91 Å². The van der Waals surface area contributed by atoms with Gasteiger partial charge in [-0.2, -0.15) is 13.2 Å². The van der Waals surface area contributed by atoms with E-state index in [0.717, 1.165) is 0 Å². The third-order valence-electron chi connectivity index (χ3n) is 3.01. The highest BCUT2D eigenvalue weighted by molar-refractivity contribution is 5.85. The minimum atomic E-state index is -4.34. The van der Waals surface area contributed by atoms with E-state index in [1.165, 1.54) is 7.11 Å². The van der Waals surface area contributed by atoms with Gasteiger partial charge >= 0.3 is 6.18 Å². The highest BCUT2D eigenvalue weighted by Gasteiger charge is 2.39. The third-order valence-corrected chi connectivity index (χ3v) is 3.01. The molecule has 2 N–H and O–H groups in total. The summed E-state index contributed by atoms with van der Waals surface area (Å²) in [5, 5.41) is 5.66. The van der Waals surface area contributed by atoms with Gasteiger partial charge in [0.2, 0.25) is 0 Å². The van der Waals surface area contributed by atoms with E-state index >= 15 is 0 Å². The maximum Gasteiger partial charge on any atom is 0.411 e. The molecule has 1 amide bonds. The number of halogens is 3. The van der Waals surface area contributed by atoms with E-state index < -0.39 is 18.4 Å². The molecule has 0 radical (unpaired) electrons. The number of methoxy groups -OCH3 is 1. The van der Waals surface area contributed by atoms with Crippen molar-refractivity contribution in [2.75, 3.05) is 40.0 Å². The average molecular weight is 284 g/mol. The van der Waals surface area contributed by atoms with Crippen molar-refractivity contribution in [1.29, 1.82) is 0 Å². The van der Waals surface area contributed by atoms with Gasteiger partial charge < -0.3 is 20.1 Å². The minimum absolute atomic E-state index is 0.0352. The minimum Gasteiger partial charge on any atom is -0.370 e. The first-order chi connectivity index (χ1) is 8.90. The fourth-order valence-corrected chi connectivity index (χ4v) is 1.94. The van der Waals surface area contributed by atoms with Crippen LogP contribution in [-0.2, 0) is 14.3 Å². The SMILES string of the molecule is COC1(C(=O)NCCOCC(F)(F)F)CCNCC1. The van der Waals surface area contributed by atoms with E-state index in [0.29, 0.717) is 25.9 Å². The molecule has 0 bridgehead atoms. The molecule has 0 unspecified atom stereocenters. The Labute approximate surface area is 109 Å². The van der Waals surface area contributed by atoms with Gasteiger partial charge in [-0.3, -0.25) is 4.79 Å². The summed E-state index contributed by atoms with van der Waals surface area (Å²) in [5.74, 6) is -0.299. The summed E-state index contributed by atoms with van der Waals surface area (Å²) in [6.07, 6.45) is -3.26. The average Bonchev–Trinajstić information content (AvgIpc) is 2.37. The zero-order valence-electron chi connectivity index (χ0n) is 10.8. The van der Waals surface area contributed by atoms with E-state index in [4.69, 9.17) is 4.74 Å². The van der Waals surface area contributed by atoms with Crippen LogP contribution in [0.25, 0.3) is 0 Å². The topological polar surface area (TPSA) is 59.6 Å². The summed E-state index contributed by atoms with van der Waals surface area (Å²) in [7, 11) is 1.46. The Kier molecular flexibility index (Phi) is 6.02. The molecule has 0 spiro atoms. The van der Waals surface area contributed by atoms with Crippen LogP contribution in [0.4, 0.5) is 13.2 Å². The molecule has 0 saturated carbocycles. The summed E-state index contributed by atoms with van der Waals surface area (Å²) in [6, 6.07) is 0. The molecule has 1 heterocycles. The Hall–Kier alpha value is -0.860. The van der Waals surface area contributed by atoms with Crippen molar-refractivity contribution in [2.24, 2.45) is 0 Å². The normalized spacial score (nSPS) is 19.2. The number of amides is 1. The lowest BCUT2D eigenvalue weighted by molar-refractivity contribution is -0.173. The van der Waals surface area contributed by atoms with Gasteiger partial charge in [0, 0.05) is 13.7 Å². The Bertz CT molecular complexity index is 291. The first-order valence-electron chi connectivity index (χ1n) is 6.08. The molecule has 0 aromatic rings. The first kappa shape index (κ1) is 16.2. The number of carbonyl (C=O) groups is 1. The second kappa shape index (κ2) is 7.06. The van der Waals surface area contributed by atoms with Crippen molar-refractivity contribution < 1.29 is 27.4 Å². The first-order valence-corrected chi connectivity index (χ1v) is 6.08. The molecule has 19 heavy (non-hydrogen) atoms. The third kappa shape index (κ3) is 5.33. The molecule has 1 aliphatic heterocycles. The van der Waals surface area contributed by atoms with Crippen LogP contribution >= 0.6 is 0 Å². The number of nitrogens with one attached hydrogen (secondary N) is 2. The molecule has 112 valence electrons. The molecule has 0 atom stereocenters. The Morgan fingerprint density at radius 2 is 2.00 bits per heavy atom. The van der Waals surface area contributed by atoms with Gasteiger partial charge in [0.25, 0.3) is 5.91 Å². The zero-order chi connectivity index (χ0) is 14.4. The summed E-state index contributed by atoms with van der Waals surface area (Å²) in [5.41, 5.74) is -0.880. The molecule has 0 aliphatic carbocycles. The van der Waals surface area contributed by atoms with Crippen molar-refractivity contribution in [3.05, 3.63) is 0 Å². The van der Waals surface area contributed by atoms with E-state index in [1.807, 2.05) is 0 Å². The van der Waals surface area contributed by atoms with Crippen molar-refractivity contribution in [3.63, 3.8) is 0 Å². The lowest BCUT2D eigenvalue weighted by Gasteiger charge is -2.34. The molecule has 1 fully saturated rings. The predicted molar refractivity (Wildman–Crippen MR) is 61.7 cm³/mol. The van der Waals surface area contributed by atoms with Crippen molar-refractivity contribution in [3.8, 4) is 0 Å². The van der Waals surface area contributed by atoms with Crippen LogP contribution in [0, 0.1) is 0 Å². The summed E-state index contributed by atoms with van der Waals surface area (Å²) < 4.78 is 45.1. The number of piperidine rings is 1. The van der Waals surface area contributed by atoms with E-state index in [2.05, 4.69) is 15.4 Å². The van der Waals surface area contributed by atoms with Gasteiger partial charge in [-0.1, -0.05) is 0 Å². The number of hydrogen-bond acceptors (Lipinski definition) is 4. The van der Waals surface area contributed by atoms with Gasteiger partial charge in [0.15, 0.2) is 0 Å². The van der Waals surface area contributed by atoms with E-state index in [-0.39, 0.29) is 19.1 Å². The Balaban J connectivity index is 2.26. The van der Waals surface area contributed by atoms with Crippen LogP contribution in [0.15, 0.2) is 0 Å². The van der Waals surface area contributed by atoms with Crippen molar-refractivity contribution in [1.82, 2.24) is 10.6 Å². The van der Waals surface area contributed by atoms with Crippen LogP contribution < -0.4 is 10.6 Å². The fourth-order valence-electron chi connectivity index (χ4n) is 1.94. The Morgan fingerprint density at radius 1 is 1.37 bits per heavy atom. The molecule has 0 aromatic heterocycles. The fraction of sp³-hybridized carbons (Fsp3) is 0.909. The number of hydrogen-bond donors (Lipinski definition) is 2. The van der Waals surface area contributed by atoms with Crippen LogP contribution in [0.2, 0.25) is 0 Å². The number of rotatable bonds is 6. The molecule has 1 rings (SSSR count). The Morgan fingerprint density at radius 3 is 2.53 bits per heavy atom. The summed E-state index contributed by atoms with van der Waals surface area (Å²) in [6.45, 7) is -0.101. The summed E-state index contributed by atoms with van der Waals surface area (Å²) in [4.78, 5) is 12.0. The lowest BCUT2D eigenvalue weighted by atomic mass is 9.91. The van der Waals surface area contributed by atoms with Gasteiger partial charge in [-0.15, -0.1) is 0 Å². The van der Waals surface area contributed by atoms with Crippen molar-refractivity contribution in [2.45, 2.75) is 24.6 Å². The van der Waals surface area contributed by atoms with Crippen LogP contribution in [-0.4, -0.2) is 57.6 Å². The quantitative estimate of drug-likeness (QED) is 0.695. The van der Waals surface area contributed by atoms with Gasteiger partial charge in [-0.25, -0.2) is 0 Å². The molecular formula is C11H19F3N2O3. The largest absolute Gasteiger partial charge is 0.411 e. The number of alkyl halides is 3. The molecule has 1 aliphatic rings.